The highest BCUT2D eigenvalue weighted by atomic mass is 32.1. The predicted molar refractivity (Wildman–Crippen MR) is 60.2 cm³/mol. The number of rotatable bonds is 5. The van der Waals surface area contributed by atoms with Crippen LogP contribution in [0.15, 0.2) is 10.9 Å². The van der Waals surface area contributed by atoms with Crippen molar-refractivity contribution in [2.24, 2.45) is 0 Å². The number of carbonyl (C=O) groups excluding carboxylic acids is 1. The minimum Gasteiger partial charge on any atom is -0.374 e. The molecule has 0 aromatic carbocycles. The second kappa shape index (κ2) is 5.23. The van der Waals surface area contributed by atoms with Gasteiger partial charge in [0, 0.05) is 18.5 Å². The van der Waals surface area contributed by atoms with Gasteiger partial charge in [0.2, 0.25) is 0 Å². The Morgan fingerprint density at radius 1 is 1.67 bits per heavy atom. The molecule has 0 aliphatic carbocycles. The highest BCUT2D eigenvalue weighted by molar-refractivity contribution is 7.07. The summed E-state index contributed by atoms with van der Waals surface area (Å²) in [6.07, 6.45) is 0. The molecule has 1 amide bonds. The summed E-state index contributed by atoms with van der Waals surface area (Å²) in [5.74, 6) is -0.149. The van der Waals surface area contributed by atoms with Gasteiger partial charge in [0.1, 0.15) is 5.69 Å². The lowest BCUT2D eigenvalue weighted by molar-refractivity contribution is -0.00818. The first-order valence-electron chi connectivity index (χ1n) is 4.85. The van der Waals surface area contributed by atoms with Crippen LogP contribution in [0.1, 0.15) is 31.3 Å². The zero-order valence-corrected chi connectivity index (χ0v) is 10.1. The van der Waals surface area contributed by atoms with Crippen molar-refractivity contribution < 1.29 is 9.53 Å². The lowest BCUT2D eigenvalue weighted by Gasteiger charge is -2.24. The number of nitrogens with zero attached hydrogens (tertiary/aromatic N) is 1. The van der Waals surface area contributed by atoms with Gasteiger partial charge in [-0.1, -0.05) is 0 Å². The van der Waals surface area contributed by atoms with Crippen LogP contribution < -0.4 is 5.32 Å². The molecule has 4 nitrogen and oxygen atoms in total. The van der Waals surface area contributed by atoms with E-state index in [0.717, 1.165) is 0 Å². The Kier molecular flexibility index (Phi) is 4.23. The van der Waals surface area contributed by atoms with E-state index in [-0.39, 0.29) is 11.5 Å². The highest BCUT2D eigenvalue weighted by Crippen LogP contribution is 2.07. The first kappa shape index (κ1) is 12.1. The van der Waals surface area contributed by atoms with Crippen LogP contribution in [0.25, 0.3) is 0 Å². The molecule has 0 saturated carbocycles. The average molecular weight is 228 g/mol. The van der Waals surface area contributed by atoms with Crippen molar-refractivity contribution in [3.05, 3.63) is 16.6 Å². The molecule has 1 aromatic heterocycles. The van der Waals surface area contributed by atoms with Gasteiger partial charge >= 0.3 is 0 Å². The van der Waals surface area contributed by atoms with Crippen LogP contribution in [0.4, 0.5) is 0 Å². The summed E-state index contributed by atoms with van der Waals surface area (Å²) in [4.78, 5) is 15.5. The van der Waals surface area contributed by atoms with E-state index in [9.17, 15) is 4.79 Å². The Bertz CT molecular complexity index is 309. The van der Waals surface area contributed by atoms with Crippen LogP contribution in [-0.4, -0.2) is 29.6 Å². The van der Waals surface area contributed by atoms with Crippen LogP contribution in [0, 0.1) is 0 Å². The third kappa shape index (κ3) is 3.97. The van der Waals surface area contributed by atoms with E-state index in [0.29, 0.717) is 18.8 Å². The number of thiazole rings is 1. The Labute approximate surface area is 93.7 Å². The fraction of sp³-hybridized carbons (Fsp3) is 0.600. The van der Waals surface area contributed by atoms with Crippen LogP contribution in [0.3, 0.4) is 0 Å². The van der Waals surface area contributed by atoms with Crippen molar-refractivity contribution in [1.29, 1.82) is 0 Å². The summed E-state index contributed by atoms with van der Waals surface area (Å²) in [5.41, 5.74) is 1.77. The standard InChI is InChI=1S/C10H16N2O2S/c1-4-14-10(2,3)6-11-9(13)8-5-15-7-12-8/h5,7H,4,6H2,1-3H3,(H,11,13). The number of nitrogens with one attached hydrogen (secondary N) is 1. The molecule has 0 aliphatic rings. The van der Waals surface area contributed by atoms with Gasteiger partial charge < -0.3 is 10.1 Å². The van der Waals surface area contributed by atoms with Gasteiger partial charge in [-0.05, 0) is 20.8 Å². The first-order chi connectivity index (χ1) is 7.05. The SMILES string of the molecule is CCOC(C)(C)CNC(=O)c1cscn1. The topological polar surface area (TPSA) is 51.2 Å². The second-order valence-corrected chi connectivity index (χ2v) is 4.47. The minimum atomic E-state index is -0.333. The van der Waals surface area contributed by atoms with Gasteiger partial charge in [-0.2, -0.15) is 0 Å². The summed E-state index contributed by atoms with van der Waals surface area (Å²) >= 11 is 1.41. The molecule has 1 aromatic rings. The monoisotopic (exact) mass is 228 g/mol. The quantitative estimate of drug-likeness (QED) is 0.834. The fourth-order valence-electron chi connectivity index (χ4n) is 1.15. The van der Waals surface area contributed by atoms with E-state index in [4.69, 9.17) is 4.74 Å². The Morgan fingerprint density at radius 2 is 2.40 bits per heavy atom. The van der Waals surface area contributed by atoms with Crippen LogP contribution in [0.2, 0.25) is 0 Å². The van der Waals surface area contributed by atoms with E-state index < -0.39 is 0 Å². The molecule has 15 heavy (non-hydrogen) atoms. The van der Waals surface area contributed by atoms with Crippen molar-refractivity contribution in [3.63, 3.8) is 0 Å². The Hall–Kier alpha value is -0.940. The van der Waals surface area contributed by atoms with E-state index in [2.05, 4.69) is 10.3 Å². The average Bonchev–Trinajstić information content (AvgIpc) is 2.67. The number of amides is 1. The van der Waals surface area contributed by atoms with Gasteiger partial charge in [0.15, 0.2) is 0 Å². The molecule has 1 rings (SSSR count). The summed E-state index contributed by atoms with van der Waals surface area (Å²) in [6.45, 7) is 6.94. The molecule has 5 heteroatoms. The van der Waals surface area contributed by atoms with E-state index in [1.54, 1.807) is 10.9 Å². The number of hydrogen-bond donors (Lipinski definition) is 1. The van der Waals surface area contributed by atoms with Crippen molar-refractivity contribution in [2.45, 2.75) is 26.4 Å². The van der Waals surface area contributed by atoms with E-state index >= 15 is 0 Å². The predicted octanol–water partition coefficient (Wildman–Crippen LogP) is 1.69. The summed E-state index contributed by atoms with van der Waals surface area (Å²) in [6, 6.07) is 0. The molecule has 84 valence electrons. The maximum atomic E-state index is 11.5. The second-order valence-electron chi connectivity index (χ2n) is 3.75. The molecule has 0 unspecified atom stereocenters. The number of carbonyl (C=O) groups is 1. The normalized spacial score (nSPS) is 11.4. The van der Waals surface area contributed by atoms with Crippen molar-refractivity contribution in [3.8, 4) is 0 Å². The van der Waals surface area contributed by atoms with Crippen molar-refractivity contribution in [2.75, 3.05) is 13.2 Å². The Balaban J connectivity index is 2.40. The molecule has 0 aliphatic heterocycles. The van der Waals surface area contributed by atoms with Gasteiger partial charge in [-0.3, -0.25) is 4.79 Å². The largest absolute Gasteiger partial charge is 0.374 e. The molecule has 0 fully saturated rings. The molecule has 0 saturated heterocycles. The van der Waals surface area contributed by atoms with Crippen LogP contribution >= 0.6 is 11.3 Å². The first-order valence-corrected chi connectivity index (χ1v) is 5.80. The zero-order valence-electron chi connectivity index (χ0n) is 9.24. The summed E-state index contributed by atoms with van der Waals surface area (Å²) in [5, 5.41) is 4.52. The van der Waals surface area contributed by atoms with Gasteiger partial charge in [-0.25, -0.2) is 4.98 Å². The smallest absolute Gasteiger partial charge is 0.270 e. The van der Waals surface area contributed by atoms with Crippen molar-refractivity contribution >= 4 is 17.2 Å². The highest BCUT2D eigenvalue weighted by Gasteiger charge is 2.19. The molecular weight excluding hydrogens is 212 g/mol. The molecule has 1 heterocycles. The summed E-state index contributed by atoms with van der Waals surface area (Å²) < 4.78 is 5.46. The van der Waals surface area contributed by atoms with Gasteiger partial charge in [0.25, 0.3) is 5.91 Å². The molecule has 0 bridgehead atoms. The summed E-state index contributed by atoms with van der Waals surface area (Å²) in [7, 11) is 0. The van der Waals surface area contributed by atoms with Crippen LogP contribution in [0.5, 0.6) is 0 Å². The Morgan fingerprint density at radius 3 is 2.93 bits per heavy atom. The molecule has 0 radical (unpaired) electrons. The maximum Gasteiger partial charge on any atom is 0.270 e. The lowest BCUT2D eigenvalue weighted by atomic mass is 10.1. The third-order valence-corrected chi connectivity index (χ3v) is 2.46. The zero-order chi connectivity index (χ0) is 11.3. The number of aromatic nitrogens is 1. The number of hydrogen-bond acceptors (Lipinski definition) is 4. The van der Waals surface area contributed by atoms with E-state index in [1.807, 2.05) is 20.8 Å². The molecule has 1 N–H and O–H groups in total. The lowest BCUT2D eigenvalue weighted by Crippen LogP contribution is -2.40. The van der Waals surface area contributed by atoms with Crippen LogP contribution in [-0.2, 0) is 4.74 Å². The third-order valence-electron chi connectivity index (χ3n) is 1.87. The number of ether oxygens (including phenoxy) is 1. The van der Waals surface area contributed by atoms with Crippen molar-refractivity contribution in [1.82, 2.24) is 10.3 Å². The van der Waals surface area contributed by atoms with E-state index in [1.165, 1.54) is 11.3 Å². The minimum absolute atomic E-state index is 0.149. The fourth-order valence-corrected chi connectivity index (χ4v) is 1.68. The van der Waals surface area contributed by atoms with Gasteiger partial charge in [0.05, 0.1) is 11.1 Å². The molecule has 0 atom stereocenters. The molecular formula is C10H16N2O2S. The molecule has 0 spiro atoms. The van der Waals surface area contributed by atoms with Gasteiger partial charge in [-0.15, -0.1) is 11.3 Å². The maximum absolute atomic E-state index is 11.5.